The van der Waals surface area contributed by atoms with Gasteiger partial charge in [0.2, 0.25) is 0 Å². The number of aryl methyl sites for hydroxylation is 1. The summed E-state index contributed by atoms with van der Waals surface area (Å²) in [6, 6.07) is 0.584. The van der Waals surface area contributed by atoms with Crippen molar-refractivity contribution < 1.29 is 0 Å². The molecule has 96 valence electrons. The fourth-order valence-electron chi connectivity index (χ4n) is 2.65. The molecule has 1 fully saturated rings. The Balaban J connectivity index is 2.09. The summed E-state index contributed by atoms with van der Waals surface area (Å²) >= 11 is 0. The molecule has 2 heterocycles. The van der Waals surface area contributed by atoms with Gasteiger partial charge in [-0.1, -0.05) is 6.92 Å². The molecular formula is C13H24N4. The first-order valence-electron chi connectivity index (χ1n) is 6.64. The fraction of sp³-hybridized carbons (Fsp3) is 0.769. The molecule has 0 aromatic carbocycles. The van der Waals surface area contributed by atoms with E-state index in [4.69, 9.17) is 10.8 Å². The van der Waals surface area contributed by atoms with Crippen LogP contribution in [-0.2, 0) is 6.42 Å². The van der Waals surface area contributed by atoms with Crippen LogP contribution in [0.25, 0.3) is 0 Å². The van der Waals surface area contributed by atoms with E-state index in [0.717, 1.165) is 39.0 Å². The zero-order valence-corrected chi connectivity index (χ0v) is 11.2. The van der Waals surface area contributed by atoms with Crippen LogP contribution in [0, 0.1) is 13.8 Å². The Morgan fingerprint density at radius 1 is 1.35 bits per heavy atom. The van der Waals surface area contributed by atoms with E-state index in [0.29, 0.717) is 6.04 Å². The Kier molecular flexibility index (Phi) is 3.84. The van der Waals surface area contributed by atoms with Crippen LogP contribution < -0.4 is 5.73 Å². The van der Waals surface area contributed by atoms with Crippen molar-refractivity contribution in [3.05, 3.63) is 17.0 Å². The van der Waals surface area contributed by atoms with E-state index in [9.17, 15) is 0 Å². The van der Waals surface area contributed by atoms with E-state index < -0.39 is 0 Å². The monoisotopic (exact) mass is 236 g/mol. The number of nitrogens with two attached hydrogens (primary N) is 1. The average Bonchev–Trinajstić information content (AvgIpc) is 2.51. The van der Waals surface area contributed by atoms with Crippen LogP contribution in [-0.4, -0.2) is 40.9 Å². The van der Waals surface area contributed by atoms with Crippen molar-refractivity contribution in [1.29, 1.82) is 0 Å². The van der Waals surface area contributed by atoms with Crippen molar-refractivity contribution in [3.63, 3.8) is 0 Å². The van der Waals surface area contributed by atoms with E-state index in [-0.39, 0.29) is 0 Å². The molecule has 2 rings (SSSR count). The third-order valence-electron chi connectivity index (χ3n) is 3.84. The van der Waals surface area contributed by atoms with Crippen molar-refractivity contribution >= 4 is 0 Å². The maximum atomic E-state index is 5.58. The van der Waals surface area contributed by atoms with Crippen molar-refractivity contribution in [2.75, 3.05) is 26.2 Å². The van der Waals surface area contributed by atoms with E-state index >= 15 is 0 Å². The van der Waals surface area contributed by atoms with E-state index in [1.807, 2.05) is 0 Å². The quantitative estimate of drug-likeness (QED) is 0.837. The van der Waals surface area contributed by atoms with E-state index in [2.05, 4.69) is 30.4 Å². The highest BCUT2D eigenvalue weighted by atomic mass is 15.4. The SMILES string of the molecule is CCN1CC(n2nc(C)c(CCCN)c2C)C1. The maximum Gasteiger partial charge on any atom is 0.0776 e. The Labute approximate surface area is 104 Å². The van der Waals surface area contributed by atoms with Gasteiger partial charge in [-0.2, -0.15) is 5.10 Å². The lowest BCUT2D eigenvalue weighted by atomic mass is 10.1. The van der Waals surface area contributed by atoms with Crippen LogP contribution >= 0.6 is 0 Å². The smallest absolute Gasteiger partial charge is 0.0776 e. The molecule has 4 heteroatoms. The number of aromatic nitrogens is 2. The molecular weight excluding hydrogens is 212 g/mol. The second-order valence-electron chi connectivity index (χ2n) is 4.99. The molecule has 0 unspecified atom stereocenters. The van der Waals surface area contributed by atoms with Crippen LogP contribution in [0.4, 0.5) is 0 Å². The molecule has 0 bridgehead atoms. The first kappa shape index (κ1) is 12.6. The molecule has 1 aliphatic rings. The molecule has 1 aliphatic heterocycles. The summed E-state index contributed by atoms with van der Waals surface area (Å²) in [5.41, 5.74) is 9.52. The normalized spacial score (nSPS) is 17.4. The van der Waals surface area contributed by atoms with Gasteiger partial charge < -0.3 is 5.73 Å². The molecule has 17 heavy (non-hydrogen) atoms. The lowest BCUT2D eigenvalue weighted by molar-refractivity contribution is 0.104. The summed E-state index contributed by atoms with van der Waals surface area (Å²) < 4.78 is 2.23. The number of likely N-dealkylation sites (tertiary alicyclic amines) is 1. The minimum atomic E-state index is 0.584. The highest BCUT2D eigenvalue weighted by Crippen LogP contribution is 2.25. The van der Waals surface area contributed by atoms with Crippen LogP contribution in [0.2, 0.25) is 0 Å². The molecule has 1 saturated heterocycles. The summed E-state index contributed by atoms with van der Waals surface area (Å²) in [5, 5.41) is 4.70. The van der Waals surface area contributed by atoms with Gasteiger partial charge >= 0.3 is 0 Å². The summed E-state index contributed by atoms with van der Waals surface area (Å²) in [4.78, 5) is 2.45. The molecule has 0 amide bonds. The highest BCUT2D eigenvalue weighted by molar-refractivity contribution is 5.25. The van der Waals surface area contributed by atoms with Crippen LogP contribution in [0.15, 0.2) is 0 Å². The molecule has 2 N–H and O–H groups in total. The van der Waals surface area contributed by atoms with Gasteiger partial charge in [0.25, 0.3) is 0 Å². The van der Waals surface area contributed by atoms with Crippen molar-refractivity contribution in [2.45, 2.75) is 39.7 Å². The molecule has 0 aliphatic carbocycles. The van der Waals surface area contributed by atoms with Crippen molar-refractivity contribution in [2.24, 2.45) is 5.73 Å². The number of likely N-dealkylation sites (N-methyl/N-ethyl adjacent to an activating group) is 1. The molecule has 0 spiro atoms. The van der Waals surface area contributed by atoms with Gasteiger partial charge in [0.1, 0.15) is 0 Å². The topological polar surface area (TPSA) is 47.1 Å². The molecule has 0 radical (unpaired) electrons. The number of hydrogen-bond donors (Lipinski definition) is 1. The van der Waals surface area contributed by atoms with Gasteiger partial charge in [0.15, 0.2) is 0 Å². The van der Waals surface area contributed by atoms with Gasteiger partial charge in [0.05, 0.1) is 11.7 Å². The molecule has 1 aromatic rings. The van der Waals surface area contributed by atoms with Gasteiger partial charge in [-0.15, -0.1) is 0 Å². The number of hydrogen-bond acceptors (Lipinski definition) is 3. The van der Waals surface area contributed by atoms with Crippen molar-refractivity contribution in [3.8, 4) is 0 Å². The Morgan fingerprint density at radius 2 is 2.06 bits per heavy atom. The van der Waals surface area contributed by atoms with Gasteiger partial charge in [0, 0.05) is 18.8 Å². The largest absolute Gasteiger partial charge is 0.330 e. The Morgan fingerprint density at radius 3 is 2.65 bits per heavy atom. The zero-order valence-electron chi connectivity index (χ0n) is 11.2. The summed E-state index contributed by atoms with van der Waals surface area (Å²) in [7, 11) is 0. The van der Waals surface area contributed by atoms with Gasteiger partial charge in [-0.05, 0) is 45.3 Å². The molecule has 0 saturated carbocycles. The highest BCUT2D eigenvalue weighted by Gasteiger charge is 2.29. The number of rotatable bonds is 5. The summed E-state index contributed by atoms with van der Waals surface area (Å²) in [6.45, 7) is 10.7. The first-order valence-corrected chi connectivity index (χ1v) is 6.64. The predicted octanol–water partition coefficient (Wildman–Crippen LogP) is 1.27. The molecule has 4 nitrogen and oxygen atoms in total. The summed E-state index contributed by atoms with van der Waals surface area (Å²) in [5.74, 6) is 0. The average molecular weight is 236 g/mol. The van der Waals surface area contributed by atoms with Gasteiger partial charge in [-0.25, -0.2) is 0 Å². The van der Waals surface area contributed by atoms with Crippen molar-refractivity contribution in [1.82, 2.24) is 14.7 Å². The van der Waals surface area contributed by atoms with Gasteiger partial charge in [-0.3, -0.25) is 9.58 Å². The first-order chi connectivity index (χ1) is 8.17. The standard InChI is InChI=1S/C13H24N4/c1-4-16-8-12(9-16)17-11(3)13(6-5-7-14)10(2)15-17/h12H,4-9,14H2,1-3H3. The fourth-order valence-corrected chi connectivity index (χ4v) is 2.65. The second kappa shape index (κ2) is 5.19. The van der Waals surface area contributed by atoms with Crippen LogP contribution in [0.1, 0.15) is 36.3 Å². The van der Waals surface area contributed by atoms with Crippen LogP contribution in [0.5, 0.6) is 0 Å². The number of nitrogens with zero attached hydrogens (tertiary/aromatic N) is 3. The summed E-state index contributed by atoms with van der Waals surface area (Å²) in [6.07, 6.45) is 2.12. The van der Waals surface area contributed by atoms with Crippen LogP contribution in [0.3, 0.4) is 0 Å². The minimum Gasteiger partial charge on any atom is -0.330 e. The maximum absolute atomic E-state index is 5.58. The molecule has 0 atom stereocenters. The van der Waals surface area contributed by atoms with E-state index in [1.54, 1.807) is 0 Å². The lowest BCUT2D eigenvalue weighted by Gasteiger charge is -2.39. The Bertz CT molecular complexity index is 377. The zero-order chi connectivity index (χ0) is 12.4. The predicted molar refractivity (Wildman–Crippen MR) is 70.2 cm³/mol. The lowest BCUT2D eigenvalue weighted by Crippen LogP contribution is -2.47. The third-order valence-corrected chi connectivity index (χ3v) is 3.84. The third kappa shape index (κ3) is 2.38. The van der Waals surface area contributed by atoms with E-state index in [1.165, 1.54) is 17.0 Å². The second-order valence-corrected chi connectivity index (χ2v) is 4.99. The molecule has 1 aromatic heterocycles. The Hall–Kier alpha value is -0.870. The minimum absolute atomic E-state index is 0.584.